The number of alkyl carbamates (subject to hydrolysis) is 1. The first-order chi connectivity index (χ1) is 6.60. The molecule has 0 aromatic heterocycles. The van der Waals surface area contributed by atoms with Gasteiger partial charge >= 0.3 is 6.09 Å². The predicted octanol–water partition coefficient (Wildman–Crippen LogP) is 0.777. The Morgan fingerprint density at radius 3 is 2.43 bits per heavy atom. The van der Waals surface area contributed by atoms with E-state index in [1.165, 1.54) is 0 Å². The van der Waals surface area contributed by atoms with Crippen molar-refractivity contribution < 1.29 is 14.3 Å². The summed E-state index contributed by atoms with van der Waals surface area (Å²) in [5, 5.41) is 2.56. The van der Waals surface area contributed by atoms with E-state index < -0.39 is 0 Å². The van der Waals surface area contributed by atoms with Crippen molar-refractivity contribution >= 4 is 12.0 Å². The molecule has 1 unspecified atom stereocenters. The number of amides is 2. The standard InChI is InChI=1S/C5H9NO2.C4H9NO/c1-2-4-3-6-5(7)8-4;1-2-3-4(5)6/h4H,2-3H2,1H3,(H,6,7);2-3H2,1H3,(H2,5,6). The Bertz CT molecular complexity index is 194. The van der Waals surface area contributed by atoms with E-state index in [1.54, 1.807) is 0 Å². The van der Waals surface area contributed by atoms with Crippen molar-refractivity contribution in [3.8, 4) is 0 Å². The van der Waals surface area contributed by atoms with Crippen molar-refractivity contribution in [2.75, 3.05) is 6.54 Å². The summed E-state index contributed by atoms with van der Waals surface area (Å²) in [4.78, 5) is 20.1. The SMILES string of the molecule is CCC1CNC(=O)O1.CCCC(N)=O. The van der Waals surface area contributed by atoms with E-state index in [4.69, 9.17) is 10.5 Å². The van der Waals surface area contributed by atoms with Gasteiger partial charge in [0.25, 0.3) is 0 Å². The molecule has 82 valence electrons. The second-order valence-electron chi connectivity index (χ2n) is 3.03. The highest BCUT2D eigenvalue weighted by Crippen LogP contribution is 2.02. The largest absolute Gasteiger partial charge is 0.444 e. The van der Waals surface area contributed by atoms with E-state index in [0.29, 0.717) is 13.0 Å². The fourth-order valence-electron chi connectivity index (χ4n) is 0.906. The van der Waals surface area contributed by atoms with Crippen molar-refractivity contribution in [2.45, 2.75) is 39.2 Å². The zero-order valence-corrected chi connectivity index (χ0v) is 8.71. The molecule has 1 aliphatic heterocycles. The van der Waals surface area contributed by atoms with Crippen molar-refractivity contribution in [1.82, 2.24) is 5.32 Å². The summed E-state index contributed by atoms with van der Waals surface area (Å²) in [6.07, 6.45) is 2.10. The third kappa shape index (κ3) is 6.28. The van der Waals surface area contributed by atoms with Crippen LogP contribution in [0.15, 0.2) is 0 Å². The van der Waals surface area contributed by atoms with Gasteiger partial charge in [-0.1, -0.05) is 13.8 Å². The Morgan fingerprint density at radius 2 is 2.29 bits per heavy atom. The summed E-state index contributed by atoms with van der Waals surface area (Å²) in [6, 6.07) is 0. The second-order valence-corrected chi connectivity index (χ2v) is 3.03. The molecule has 1 atom stereocenters. The molecule has 1 aliphatic rings. The van der Waals surface area contributed by atoms with Gasteiger partial charge in [-0.25, -0.2) is 4.79 Å². The van der Waals surface area contributed by atoms with E-state index >= 15 is 0 Å². The highest BCUT2D eigenvalue weighted by Gasteiger charge is 2.19. The molecule has 0 aromatic carbocycles. The van der Waals surface area contributed by atoms with Gasteiger partial charge in [-0.3, -0.25) is 4.79 Å². The van der Waals surface area contributed by atoms with Crippen LogP contribution < -0.4 is 11.1 Å². The number of carbonyl (C=O) groups is 2. The molecule has 1 saturated heterocycles. The van der Waals surface area contributed by atoms with Crippen LogP contribution in [0.5, 0.6) is 0 Å². The summed E-state index contributed by atoms with van der Waals surface area (Å²) in [7, 11) is 0. The van der Waals surface area contributed by atoms with Crippen LogP contribution in [-0.2, 0) is 9.53 Å². The molecule has 3 N–H and O–H groups in total. The smallest absolute Gasteiger partial charge is 0.407 e. The van der Waals surface area contributed by atoms with Gasteiger partial charge in [0, 0.05) is 6.42 Å². The third-order valence-electron chi connectivity index (χ3n) is 1.70. The van der Waals surface area contributed by atoms with Crippen LogP contribution in [0, 0.1) is 0 Å². The average molecular weight is 202 g/mol. The van der Waals surface area contributed by atoms with Gasteiger partial charge in [-0.15, -0.1) is 0 Å². The van der Waals surface area contributed by atoms with Gasteiger partial charge in [0.15, 0.2) is 0 Å². The number of cyclic esters (lactones) is 1. The number of carbonyl (C=O) groups excluding carboxylic acids is 2. The van der Waals surface area contributed by atoms with Gasteiger partial charge < -0.3 is 15.8 Å². The van der Waals surface area contributed by atoms with Gasteiger partial charge in [0.2, 0.25) is 5.91 Å². The number of nitrogens with one attached hydrogen (secondary N) is 1. The summed E-state index contributed by atoms with van der Waals surface area (Å²) in [5.74, 6) is -0.211. The van der Waals surface area contributed by atoms with Gasteiger partial charge in [-0.2, -0.15) is 0 Å². The van der Waals surface area contributed by atoms with Crippen molar-refractivity contribution in [2.24, 2.45) is 5.73 Å². The Morgan fingerprint density at radius 1 is 1.64 bits per heavy atom. The lowest BCUT2D eigenvalue weighted by Gasteiger charge is -1.99. The van der Waals surface area contributed by atoms with Crippen LogP contribution in [0.4, 0.5) is 4.79 Å². The first kappa shape index (κ1) is 12.7. The van der Waals surface area contributed by atoms with E-state index in [-0.39, 0.29) is 18.1 Å². The Hall–Kier alpha value is -1.26. The summed E-state index contributed by atoms with van der Waals surface area (Å²) < 4.78 is 4.76. The molecule has 0 bridgehead atoms. The summed E-state index contributed by atoms with van der Waals surface area (Å²) in [6.45, 7) is 4.59. The number of rotatable bonds is 3. The molecular formula is C9H18N2O3. The predicted molar refractivity (Wildman–Crippen MR) is 52.7 cm³/mol. The first-order valence-corrected chi connectivity index (χ1v) is 4.82. The van der Waals surface area contributed by atoms with E-state index in [9.17, 15) is 9.59 Å². The van der Waals surface area contributed by atoms with Crippen molar-refractivity contribution in [1.29, 1.82) is 0 Å². The zero-order chi connectivity index (χ0) is 11.0. The van der Waals surface area contributed by atoms with Crippen LogP contribution in [0.25, 0.3) is 0 Å². The van der Waals surface area contributed by atoms with Crippen molar-refractivity contribution in [3.05, 3.63) is 0 Å². The third-order valence-corrected chi connectivity index (χ3v) is 1.70. The Kier molecular flexibility index (Phi) is 6.53. The highest BCUT2D eigenvalue weighted by atomic mass is 16.6. The second kappa shape index (κ2) is 7.17. The molecule has 0 saturated carbocycles. The van der Waals surface area contributed by atoms with Gasteiger partial charge in [-0.05, 0) is 12.8 Å². The van der Waals surface area contributed by atoms with E-state index in [1.807, 2.05) is 13.8 Å². The molecule has 1 heterocycles. The maximum atomic E-state index is 10.3. The summed E-state index contributed by atoms with van der Waals surface area (Å²) in [5.41, 5.74) is 4.76. The molecule has 0 radical (unpaired) electrons. The fraction of sp³-hybridized carbons (Fsp3) is 0.778. The van der Waals surface area contributed by atoms with E-state index in [0.717, 1.165) is 12.8 Å². The number of nitrogens with two attached hydrogens (primary N) is 1. The highest BCUT2D eigenvalue weighted by molar-refractivity contribution is 5.73. The lowest BCUT2D eigenvalue weighted by Crippen LogP contribution is -2.13. The molecule has 0 aromatic rings. The maximum absolute atomic E-state index is 10.3. The normalized spacial score (nSPS) is 19.0. The molecule has 1 rings (SSSR count). The van der Waals surface area contributed by atoms with Crippen LogP contribution in [-0.4, -0.2) is 24.6 Å². The van der Waals surface area contributed by atoms with Crippen molar-refractivity contribution in [3.63, 3.8) is 0 Å². The minimum Gasteiger partial charge on any atom is -0.444 e. The minimum absolute atomic E-state index is 0.113. The first-order valence-electron chi connectivity index (χ1n) is 4.82. The van der Waals surface area contributed by atoms with Crippen LogP contribution in [0.2, 0.25) is 0 Å². The molecule has 0 aliphatic carbocycles. The molecule has 1 fully saturated rings. The minimum atomic E-state index is -0.281. The van der Waals surface area contributed by atoms with Gasteiger partial charge in [0.1, 0.15) is 6.10 Å². The molecule has 5 heteroatoms. The number of hydrogen-bond donors (Lipinski definition) is 2. The van der Waals surface area contributed by atoms with Crippen LogP contribution in [0.1, 0.15) is 33.1 Å². The lowest BCUT2D eigenvalue weighted by molar-refractivity contribution is -0.118. The molecule has 5 nitrogen and oxygen atoms in total. The number of primary amides is 1. The lowest BCUT2D eigenvalue weighted by atomic mass is 10.3. The summed E-state index contributed by atoms with van der Waals surface area (Å²) >= 11 is 0. The van der Waals surface area contributed by atoms with Gasteiger partial charge in [0.05, 0.1) is 6.54 Å². The molecule has 0 spiro atoms. The quantitative estimate of drug-likeness (QED) is 0.709. The molecule has 2 amide bonds. The number of hydrogen-bond acceptors (Lipinski definition) is 3. The van der Waals surface area contributed by atoms with E-state index in [2.05, 4.69) is 5.32 Å². The zero-order valence-electron chi connectivity index (χ0n) is 8.71. The average Bonchev–Trinajstić information content (AvgIpc) is 2.52. The maximum Gasteiger partial charge on any atom is 0.407 e. The van der Waals surface area contributed by atoms with Crippen LogP contribution in [0.3, 0.4) is 0 Å². The Balaban J connectivity index is 0.000000255. The number of ether oxygens (including phenoxy) is 1. The molecule has 14 heavy (non-hydrogen) atoms. The fourth-order valence-corrected chi connectivity index (χ4v) is 0.906. The van der Waals surface area contributed by atoms with Crippen LogP contribution >= 0.6 is 0 Å². The monoisotopic (exact) mass is 202 g/mol. The topological polar surface area (TPSA) is 81.4 Å². The Labute approximate surface area is 84.0 Å². The molecular weight excluding hydrogens is 184 g/mol.